The van der Waals surface area contributed by atoms with E-state index < -0.39 is 0 Å². The number of nitrogens with zero attached hydrogens (tertiary/aromatic N) is 2. The van der Waals surface area contributed by atoms with E-state index in [2.05, 4.69) is 221 Å². The number of fused-ring (bicyclic) bond motifs is 9. The molecule has 9 aromatic carbocycles. The third-order valence-electron chi connectivity index (χ3n) is 13.8. The summed E-state index contributed by atoms with van der Waals surface area (Å²) in [6.07, 6.45) is 0. The molecular weight excluding hydrogens is 737 g/mol. The highest BCUT2D eigenvalue weighted by molar-refractivity contribution is 6.11. The summed E-state index contributed by atoms with van der Waals surface area (Å²) in [6.45, 7) is 7.10. The fraction of sp³-hybridized carbons (Fsp3) is 0.0847. The van der Waals surface area contributed by atoms with Gasteiger partial charge in [0.1, 0.15) is 0 Å². The van der Waals surface area contributed by atoms with Crippen molar-refractivity contribution in [1.29, 1.82) is 0 Å². The van der Waals surface area contributed by atoms with Gasteiger partial charge in [-0.3, -0.25) is 0 Å². The first kappa shape index (κ1) is 35.5. The SMILES string of the molecule is CC1(C)c2cccc(-c3ccc(-c4nc(-c5ccccc5)cc(-c5ccc6c(c5)-c5ccccc5C6(C)c5ccccc5)n4)c4ccccc34)c2-c2c1ccc1ccccc21. The van der Waals surface area contributed by atoms with Crippen LogP contribution in [0.25, 0.3) is 88.8 Å². The first-order valence-corrected chi connectivity index (χ1v) is 21.3. The highest BCUT2D eigenvalue weighted by Gasteiger charge is 2.41. The molecule has 0 fully saturated rings. The molecule has 2 nitrogen and oxygen atoms in total. The van der Waals surface area contributed by atoms with E-state index in [4.69, 9.17) is 9.97 Å². The zero-order valence-electron chi connectivity index (χ0n) is 34.4. The minimum atomic E-state index is -0.262. The molecule has 1 unspecified atom stereocenters. The molecule has 1 aromatic heterocycles. The molecule has 2 heteroatoms. The van der Waals surface area contributed by atoms with Gasteiger partial charge in [0.05, 0.1) is 11.4 Å². The topological polar surface area (TPSA) is 25.8 Å². The molecule has 2 aliphatic carbocycles. The lowest BCUT2D eigenvalue weighted by Gasteiger charge is -2.28. The average molecular weight is 779 g/mol. The summed E-state index contributed by atoms with van der Waals surface area (Å²) in [4.78, 5) is 10.8. The maximum atomic E-state index is 5.46. The second kappa shape index (κ2) is 13.3. The molecule has 0 radical (unpaired) electrons. The van der Waals surface area contributed by atoms with Crippen molar-refractivity contribution in [3.05, 3.63) is 228 Å². The van der Waals surface area contributed by atoms with Gasteiger partial charge >= 0.3 is 0 Å². The Hall–Kier alpha value is -7.42. The summed E-state index contributed by atoms with van der Waals surface area (Å²) in [5.74, 6) is 0.713. The Morgan fingerprint density at radius 3 is 1.72 bits per heavy atom. The zero-order chi connectivity index (χ0) is 40.9. The summed E-state index contributed by atoms with van der Waals surface area (Å²) < 4.78 is 0. The Morgan fingerprint density at radius 2 is 0.918 bits per heavy atom. The summed E-state index contributed by atoms with van der Waals surface area (Å²) >= 11 is 0. The molecule has 0 saturated heterocycles. The van der Waals surface area contributed by atoms with E-state index >= 15 is 0 Å². The minimum absolute atomic E-state index is 0.123. The van der Waals surface area contributed by atoms with Gasteiger partial charge in [-0.05, 0) is 108 Å². The van der Waals surface area contributed by atoms with Gasteiger partial charge in [-0.1, -0.05) is 196 Å². The molecule has 1 heterocycles. The molecule has 10 aromatic rings. The van der Waals surface area contributed by atoms with Gasteiger partial charge in [0.25, 0.3) is 0 Å². The van der Waals surface area contributed by atoms with E-state index in [0.717, 1.165) is 33.5 Å². The van der Waals surface area contributed by atoms with Crippen molar-refractivity contribution >= 4 is 21.5 Å². The summed E-state index contributed by atoms with van der Waals surface area (Å²) in [6, 6.07) is 73.1. The van der Waals surface area contributed by atoms with E-state index in [1.54, 1.807) is 0 Å². The quantitative estimate of drug-likeness (QED) is 0.174. The van der Waals surface area contributed by atoms with Crippen molar-refractivity contribution in [1.82, 2.24) is 9.97 Å². The maximum absolute atomic E-state index is 5.46. The molecule has 1 atom stereocenters. The van der Waals surface area contributed by atoms with Gasteiger partial charge in [0, 0.05) is 27.5 Å². The Kier molecular flexibility index (Phi) is 7.74. The largest absolute Gasteiger partial charge is 0.228 e. The zero-order valence-corrected chi connectivity index (χ0v) is 34.4. The van der Waals surface area contributed by atoms with Crippen LogP contribution in [0.15, 0.2) is 200 Å². The van der Waals surface area contributed by atoms with E-state index in [0.29, 0.717) is 5.82 Å². The van der Waals surface area contributed by atoms with Crippen LogP contribution in [0.2, 0.25) is 0 Å². The molecule has 0 spiro atoms. The Balaban J connectivity index is 1.05. The highest BCUT2D eigenvalue weighted by atomic mass is 14.9. The minimum Gasteiger partial charge on any atom is -0.228 e. The van der Waals surface area contributed by atoms with E-state index in [-0.39, 0.29) is 10.8 Å². The third-order valence-corrected chi connectivity index (χ3v) is 13.8. The first-order chi connectivity index (χ1) is 29.9. The second-order valence-corrected chi connectivity index (χ2v) is 17.4. The van der Waals surface area contributed by atoms with Crippen molar-refractivity contribution in [3.63, 3.8) is 0 Å². The second-order valence-electron chi connectivity index (χ2n) is 17.4. The van der Waals surface area contributed by atoms with E-state index in [9.17, 15) is 0 Å². The Labute approximate surface area is 356 Å². The van der Waals surface area contributed by atoms with Gasteiger partial charge in [-0.15, -0.1) is 0 Å². The standard InChI is InChI=1S/C59H42N2/c1-58(2)51-28-16-26-46(56(51)55-41-22-11-10-17-37(41)29-34-52(55)58)44-31-32-47(43-24-13-12-23-42(43)44)57-60-53(38-18-6-4-7-19-38)36-54(61-57)39-30-33-50-48(35-39)45-25-14-15-27-49(45)59(50,3)40-20-8-5-9-21-40/h4-36H,1-3H3. The van der Waals surface area contributed by atoms with Gasteiger partial charge in [-0.2, -0.15) is 0 Å². The van der Waals surface area contributed by atoms with Crippen molar-refractivity contribution in [2.75, 3.05) is 0 Å². The van der Waals surface area contributed by atoms with Gasteiger partial charge in [-0.25, -0.2) is 9.97 Å². The monoisotopic (exact) mass is 778 g/mol. The molecule has 0 N–H and O–H groups in total. The normalized spacial score (nSPS) is 15.7. The predicted molar refractivity (Wildman–Crippen MR) is 254 cm³/mol. The molecule has 0 saturated carbocycles. The fourth-order valence-corrected chi connectivity index (χ4v) is 10.7. The molecule has 288 valence electrons. The van der Waals surface area contributed by atoms with Crippen molar-refractivity contribution in [2.45, 2.75) is 31.6 Å². The van der Waals surface area contributed by atoms with Crippen LogP contribution in [0.3, 0.4) is 0 Å². The van der Waals surface area contributed by atoms with Crippen LogP contribution >= 0.6 is 0 Å². The summed E-state index contributed by atoms with van der Waals surface area (Å²) in [5.41, 5.74) is 18.9. The number of hydrogen-bond acceptors (Lipinski definition) is 2. The average Bonchev–Trinajstić information content (AvgIpc) is 3.73. The van der Waals surface area contributed by atoms with E-state index in [1.807, 2.05) is 0 Å². The van der Waals surface area contributed by atoms with Crippen LogP contribution in [-0.2, 0) is 10.8 Å². The Morgan fingerprint density at radius 1 is 0.344 bits per heavy atom. The van der Waals surface area contributed by atoms with Crippen molar-refractivity contribution < 1.29 is 0 Å². The molecule has 61 heavy (non-hydrogen) atoms. The molecule has 2 aliphatic rings. The maximum Gasteiger partial charge on any atom is 0.161 e. The van der Waals surface area contributed by atoms with Gasteiger partial charge < -0.3 is 0 Å². The lowest BCUT2D eigenvalue weighted by atomic mass is 9.74. The van der Waals surface area contributed by atoms with E-state index in [1.165, 1.54) is 77.4 Å². The van der Waals surface area contributed by atoms with Crippen LogP contribution in [0.4, 0.5) is 0 Å². The van der Waals surface area contributed by atoms with Crippen molar-refractivity contribution in [3.8, 4) is 67.3 Å². The number of rotatable bonds is 5. The molecule has 0 bridgehead atoms. The molecule has 12 rings (SSSR count). The van der Waals surface area contributed by atoms with Crippen LogP contribution in [0, 0.1) is 0 Å². The van der Waals surface area contributed by atoms with Crippen LogP contribution in [0.1, 0.15) is 48.6 Å². The molecule has 0 amide bonds. The Bertz CT molecular complexity index is 3400. The summed E-state index contributed by atoms with van der Waals surface area (Å²) in [7, 11) is 0. The predicted octanol–water partition coefficient (Wildman–Crippen LogP) is 15.1. The van der Waals surface area contributed by atoms with Gasteiger partial charge in [0.15, 0.2) is 5.82 Å². The smallest absolute Gasteiger partial charge is 0.161 e. The number of hydrogen-bond donors (Lipinski definition) is 0. The lowest BCUT2D eigenvalue weighted by molar-refractivity contribution is 0.661. The molecular formula is C59H42N2. The first-order valence-electron chi connectivity index (χ1n) is 21.3. The highest BCUT2D eigenvalue weighted by Crippen LogP contribution is 2.56. The molecule has 0 aliphatic heterocycles. The van der Waals surface area contributed by atoms with Crippen LogP contribution in [0.5, 0.6) is 0 Å². The number of aromatic nitrogens is 2. The van der Waals surface area contributed by atoms with Gasteiger partial charge in [0.2, 0.25) is 0 Å². The van der Waals surface area contributed by atoms with Crippen molar-refractivity contribution in [2.24, 2.45) is 0 Å². The third kappa shape index (κ3) is 5.22. The fourth-order valence-electron chi connectivity index (χ4n) is 10.7. The number of benzene rings is 9. The lowest BCUT2D eigenvalue weighted by Crippen LogP contribution is -2.22. The summed E-state index contributed by atoms with van der Waals surface area (Å²) in [5, 5.41) is 4.89. The van der Waals surface area contributed by atoms with Crippen LogP contribution < -0.4 is 0 Å². The van der Waals surface area contributed by atoms with Crippen LogP contribution in [-0.4, -0.2) is 9.97 Å².